The first kappa shape index (κ1) is 29.6. The highest BCUT2D eigenvalue weighted by molar-refractivity contribution is 6.26. The van der Waals surface area contributed by atoms with E-state index >= 15 is 0 Å². The molecule has 0 radical (unpaired) electrons. The van der Waals surface area contributed by atoms with Crippen molar-refractivity contribution in [1.82, 2.24) is 4.98 Å². The van der Waals surface area contributed by atoms with Gasteiger partial charge in [0.1, 0.15) is 23.1 Å². The summed E-state index contributed by atoms with van der Waals surface area (Å²) in [7, 11) is 6.91. The van der Waals surface area contributed by atoms with Crippen molar-refractivity contribution >= 4 is 39.9 Å². The van der Waals surface area contributed by atoms with Gasteiger partial charge >= 0.3 is 0 Å². The predicted molar refractivity (Wildman–Crippen MR) is 172 cm³/mol. The average molecular weight is 586 g/mol. The number of nitriles is 1. The fourth-order valence-electron chi connectivity index (χ4n) is 4.76. The largest absolute Gasteiger partial charge is 0.497 e. The summed E-state index contributed by atoms with van der Waals surface area (Å²) in [4.78, 5) is 36.1. The maximum absolute atomic E-state index is 14.2. The van der Waals surface area contributed by atoms with E-state index < -0.39 is 11.8 Å². The third kappa shape index (κ3) is 6.01. The van der Waals surface area contributed by atoms with Crippen LogP contribution in [-0.2, 0) is 6.54 Å². The van der Waals surface area contributed by atoms with Crippen LogP contribution >= 0.6 is 0 Å². The second-order valence-corrected chi connectivity index (χ2v) is 10.1. The number of amides is 2. The number of fused-ring (bicyclic) bond motifs is 1. The standard InChI is InChI=1S/C35H31N5O4/c1-39(2)26-14-19-31-29(20-26)32(37-22-23-8-6-5-7-9-23)30(21-36)33(38-31)40(34(41)24-10-15-27(43-3)16-11-24)35(42)25-12-17-28(44-4)18-13-25/h5-20H,22H2,1-4H3,(H,37,38). The van der Waals surface area contributed by atoms with Crippen LogP contribution in [0.2, 0.25) is 0 Å². The molecule has 1 N–H and O–H groups in total. The molecule has 0 aliphatic carbocycles. The highest BCUT2D eigenvalue weighted by Crippen LogP contribution is 2.36. The summed E-state index contributed by atoms with van der Waals surface area (Å²) in [6.45, 7) is 0.402. The fraction of sp³-hybridized carbons (Fsp3) is 0.143. The highest BCUT2D eigenvalue weighted by Gasteiger charge is 2.32. The molecule has 9 nitrogen and oxygen atoms in total. The molecule has 0 saturated heterocycles. The van der Waals surface area contributed by atoms with E-state index in [4.69, 9.17) is 14.5 Å². The topological polar surface area (TPSA) is 108 Å². The molecule has 0 bridgehead atoms. The number of ether oxygens (including phenoxy) is 2. The van der Waals surface area contributed by atoms with Gasteiger partial charge in [-0.05, 0) is 72.3 Å². The highest BCUT2D eigenvalue weighted by atomic mass is 16.5. The van der Waals surface area contributed by atoms with E-state index in [0.717, 1.165) is 16.2 Å². The van der Waals surface area contributed by atoms with E-state index in [1.54, 1.807) is 48.5 Å². The van der Waals surface area contributed by atoms with Crippen LogP contribution in [0, 0.1) is 11.3 Å². The molecule has 4 aromatic carbocycles. The van der Waals surface area contributed by atoms with Crippen molar-refractivity contribution < 1.29 is 19.1 Å². The van der Waals surface area contributed by atoms with Crippen LogP contribution in [-0.4, -0.2) is 45.1 Å². The molecule has 2 amide bonds. The number of rotatable bonds is 9. The van der Waals surface area contributed by atoms with Crippen molar-refractivity contribution in [2.45, 2.75) is 6.54 Å². The number of imide groups is 1. The van der Waals surface area contributed by atoms with E-state index in [2.05, 4.69) is 11.4 Å². The van der Waals surface area contributed by atoms with E-state index in [-0.39, 0.29) is 22.5 Å². The SMILES string of the molecule is COc1ccc(C(=O)N(C(=O)c2ccc(OC)cc2)c2nc3ccc(N(C)C)cc3c(NCc3ccccc3)c2C#N)cc1. The molecule has 0 atom stereocenters. The molecule has 0 aliphatic rings. The summed E-state index contributed by atoms with van der Waals surface area (Å²) in [6.07, 6.45) is 0. The summed E-state index contributed by atoms with van der Waals surface area (Å²) in [5, 5.41) is 14.7. The number of carbonyl (C=O) groups is 2. The van der Waals surface area contributed by atoms with Crippen LogP contribution < -0.4 is 24.6 Å². The number of carbonyl (C=O) groups excluding carboxylic acids is 2. The van der Waals surface area contributed by atoms with E-state index in [9.17, 15) is 14.9 Å². The molecule has 0 fully saturated rings. The summed E-state index contributed by atoms with van der Waals surface area (Å²) in [5.41, 5.74) is 3.38. The van der Waals surface area contributed by atoms with Crippen LogP contribution in [0.3, 0.4) is 0 Å². The number of anilines is 3. The molecule has 0 spiro atoms. The molecule has 0 unspecified atom stereocenters. The molecule has 9 heteroatoms. The molecule has 5 aromatic rings. The van der Waals surface area contributed by atoms with Gasteiger partial charge in [-0.25, -0.2) is 9.88 Å². The molecule has 0 saturated carbocycles. The summed E-state index contributed by atoms with van der Waals surface area (Å²) in [5.74, 6) is -0.248. The Labute approximate surface area is 255 Å². The molecule has 220 valence electrons. The maximum atomic E-state index is 14.2. The van der Waals surface area contributed by atoms with Crippen LogP contribution in [0.5, 0.6) is 11.5 Å². The zero-order valence-corrected chi connectivity index (χ0v) is 24.9. The molecular weight excluding hydrogens is 554 g/mol. The summed E-state index contributed by atoms with van der Waals surface area (Å²) >= 11 is 0. The van der Waals surface area contributed by atoms with Gasteiger partial charge in [0.2, 0.25) is 0 Å². The van der Waals surface area contributed by atoms with Gasteiger partial charge in [-0.1, -0.05) is 30.3 Å². The second-order valence-electron chi connectivity index (χ2n) is 10.1. The average Bonchev–Trinajstić information content (AvgIpc) is 3.07. The molecule has 5 rings (SSSR count). The third-order valence-electron chi connectivity index (χ3n) is 7.18. The van der Waals surface area contributed by atoms with Crippen molar-refractivity contribution in [3.8, 4) is 17.6 Å². The molecule has 1 aromatic heterocycles. The maximum Gasteiger partial charge on any atom is 0.266 e. The van der Waals surface area contributed by atoms with Crippen LogP contribution in [0.1, 0.15) is 31.8 Å². The molecule has 1 heterocycles. The second kappa shape index (κ2) is 13.0. The van der Waals surface area contributed by atoms with Crippen molar-refractivity contribution in [3.05, 3.63) is 119 Å². The van der Waals surface area contributed by atoms with Gasteiger partial charge in [0.25, 0.3) is 11.8 Å². The lowest BCUT2D eigenvalue weighted by molar-refractivity contribution is 0.0896. The van der Waals surface area contributed by atoms with Gasteiger partial charge in [-0.15, -0.1) is 0 Å². The Morgan fingerprint density at radius 2 is 1.39 bits per heavy atom. The number of hydrogen-bond donors (Lipinski definition) is 1. The van der Waals surface area contributed by atoms with Gasteiger partial charge in [0.15, 0.2) is 5.82 Å². The predicted octanol–water partition coefficient (Wildman–Crippen LogP) is 6.29. The number of nitrogens with zero attached hydrogens (tertiary/aromatic N) is 4. The van der Waals surface area contributed by atoms with Crippen LogP contribution in [0.4, 0.5) is 17.2 Å². The lowest BCUT2D eigenvalue weighted by Crippen LogP contribution is -2.38. The van der Waals surface area contributed by atoms with Crippen molar-refractivity contribution in [1.29, 1.82) is 5.26 Å². The van der Waals surface area contributed by atoms with Crippen molar-refractivity contribution in [3.63, 3.8) is 0 Å². The van der Waals surface area contributed by atoms with Gasteiger partial charge in [0, 0.05) is 42.8 Å². The Balaban J connectivity index is 1.73. The molecule has 44 heavy (non-hydrogen) atoms. The number of nitrogens with one attached hydrogen (secondary N) is 1. The zero-order chi connectivity index (χ0) is 31.2. The Morgan fingerprint density at radius 3 is 1.89 bits per heavy atom. The number of aromatic nitrogens is 1. The Kier molecular flexibility index (Phi) is 8.72. The van der Waals surface area contributed by atoms with Crippen molar-refractivity contribution in [2.24, 2.45) is 0 Å². The van der Waals surface area contributed by atoms with E-state index in [1.807, 2.05) is 67.5 Å². The number of hydrogen-bond acceptors (Lipinski definition) is 8. The Hall–Kier alpha value is -5.88. The van der Waals surface area contributed by atoms with Crippen molar-refractivity contribution in [2.75, 3.05) is 43.4 Å². The lowest BCUT2D eigenvalue weighted by Gasteiger charge is -2.24. The first-order valence-corrected chi connectivity index (χ1v) is 13.8. The molecular formula is C35H31N5O4. The number of methoxy groups -OCH3 is 2. The quantitative estimate of drug-likeness (QED) is 0.201. The van der Waals surface area contributed by atoms with E-state index in [0.29, 0.717) is 34.6 Å². The number of benzene rings is 4. The summed E-state index contributed by atoms with van der Waals surface area (Å²) in [6, 6.07) is 30.5. The van der Waals surface area contributed by atoms with E-state index in [1.165, 1.54) is 14.2 Å². The molecule has 0 aliphatic heterocycles. The minimum atomic E-state index is -0.643. The lowest BCUT2D eigenvalue weighted by atomic mass is 10.0. The third-order valence-corrected chi connectivity index (χ3v) is 7.18. The smallest absolute Gasteiger partial charge is 0.266 e. The van der Waals surface area contributed by atoms with Crippen LogP contribution in [0.15, 0.2) is 97.1 Å². The van der Waals surface area contributed by atoms with Crippen LogP contribution in [0.25, 0.3) is 10.9 Å². The Morgan fingerprint density at radius 1 is 0.818 bits per heavy atom. The summed E-state index contributed by atoms with van der Waals surface area (Å²) < 4.78 is 10.5. The van der Waals surface area contributed by atoms with Gasteiger partial charge in [0.05, 0.1) is 25.4 Å². The Bertz CT molecular complexity index is 1790. The minimum absolute atomic E-state index is 0.0630. The normalized spacial score (nSPS) is 10.5. The van der Waals surface area contributed by atoms with Gasteiger partial charge in [-0.2, -0.15) is 5.26 Å². The minimum Gasteiger partial charge on any atom is -0.497 e. The monoisotopic (exact) mass is 585 g/mol. The number of pyridine rings is 1. The van der Waals surface area contributed by atoms with Gasteiger partial charge < -0.3 is 19.7 Å². The first-order chi connectivity index (χ1) is 21.3. The van der Waals surface area contributed by atoms with Gasteiger partial charge in [-0.3, -0.25) is 9.59 Å². The zero-order valence-electron chi connectivity index (χ0n) is 24.9. The first-order valence-electron chi connectivity index (χ1n) is 13.8. The fourth-order valence-corrected chi connectivity index (χ4v) is 4.76.